The summed E-state index contributed by atoms with van der Waals surface area (Å²) in [6.45, 7) is -2.48. The summed E-state index contributed by atoms with van der Waals surface area (Å²) < 4.78 is 32.7. The number of carbonyl (C=O) groups is 2. The Balaban J connectivity index is 4.76. The average molecular weight is 354 g/mol. The summed E-state index contributed by atoms with van der Waals surface area (Å²) in [5.74, 6) is -3.53. The zero-order valence-corrected chi connectivity index (χ0v) is 11.8. The van der Waals surface area contributed by atoms with Crippen LogP contribution in [-0.2, 0) is 32.5 Å². The second-order valence-electron chi connectivity index (χ2n) is 3.32. The van der Waals surface area contributed by atoms with Crippen LogP contribution in [0, 0.1) is 0 Å². The molecule has 0 bridgehead atoms. The van der Waals surface area contributed by atoms with Crippen LogP contribution in [0.25, 0.3) is 0 Å². The number of hydrogen-bond donors (Lipinski definition) is 6. The Morgan fingerprint density at radius 1 is 1.00 bits per heavy atom. The molecule has 0 radical (unpaired) electrons. The fraction of sp³-hybridized carbons (Fsp3) is 0.667. The minimum absolute atomic E-state index is 1.24. The SMILES string of the molecule is O=C(O)C(COP(=O)(O)O)OC(=O)C(CO)OP(=O)(O)O. The number of aliphatic carboxylic acids is 1. The van der Waals surface area contributed by atoms with Crippen molar-refractivity contribution in [2.24, 2.45) is 0 Å². The number of carboxylic acids is 1. The van der Waals surface area contributed by atoms with Gasteiger partial charge in [-0.05, 0) is 0 Å². The number of phosphoric ester groups is 2. The second kappa shape index (κ2) is 7.94. The highest BCUT2D eigenvalue weighted by Crippen LogP contribution is 2.38. The minimum Gasteiger partial charge on any atom is -0.478 e. The van der Waals surface area contributed by atoms with E-state index in [9.17, 15) is 18.7 Å². The van der Waals surface area contributed by atoms with E-state index >= 15 is 0 Å². The predicted molar refractivity (Wildman–Crippen MR) is 59.5 cm³/mol. The fourth-order valence-corrected chi connectivity index (χ4v) is 1.67. The Labute approximate surface area is 116 Å². The lowest BCUT2D eigenvalue weighted by Gasteiger charge is -2.18. The molecule has 0 spiro atoms. The first-order valence-electron chi connectivity index (χ1n) is 4.84. The Kier molecular flexibility index (Phi) is 7.61. The molecule has 0 aromatic rings. The van der Waals surface area contributed by atoms with Gasteiger partial charge in [0, 0.05) is 0 Å². The van der Waals surface area contributed by atoms with E-state index < -0.39 is 53.0 Å². The number of carbonyl (C=O) groups excluding carboxylic acids is 1. The fourth-order valence-electron chi connectivity index (χ4n) is 0.853. The van der Waals surface area contributed by atoms with E-state index in [-0.39, 0.29) is 0 Å². The molecule has 2 atom stereocenters. The quantitative estimate of drug-likeness (QED) is 0.187. The summed E-state index contributed by atoms with van der Waals surface area (Å²) in [6, 6.07) is 0. The zero-order chi connectivity index (χ0) is 16.8. The molecule has 15 heteroatoms. The molecule has 124 valence electrons. The number of aliphatic hydroxyl groups excluding tert-OH is 1. The summed E-state index contributed by atoms with van der Waals surface area (Å²) in [5, 5.41) is 17.3. The van der Waals surface area contributed by atoms with Crippen molar-refractivity contribution in [3.8, 4) is 0 Å². The Morgan fingerprint density at radius 2 is 1.52 bits per heavy atom. The third-order valence-corrected chi connectivity index (χ3v) is 2.64. The molecule has 0 heterocycles. The van der Waals surface area contributed by atoms with Crippen LogP contribution >= 0.6 is 15.6 Å². The number of ether oxygens (including phenoxy) is 1. The maximum absolute atomic E-state index is 11.3. The number of hydrogen-bond acceptors (Lipinski definition) is 8. The topological polar surface area (TPSA) is 217 Å². The third kappa shape index (κ3) is 9.63. The van der Waals surface area contributed by atoms with Gasteiger partial charge in [-0.3, -0.25) is 9.05 Å². The highest BCUT2D eigenvalue weighted by atomic mass is 31.2. The van der Waals surface area contributed by atoms with E-state index in [1.54, 1.807) is 0 Å². The summed E-state index contributed by atoms with van der Waals surface area (Å²) in [6.07, 6.45) is -4.39. The summed E-state index contributed by atoms with van der Waals surface area (Å²) in [7, 11) is -10.2. The molecule has 0 saturated carbocycles. The third-order valence-electron chi connectivity index (χ3n) is 1.62. The van der Waals surface area contributed by atoms with Gasteiger partial charge in [-0.15, -0.1) is 0 Å². The van der Waals surface area contributed by atoms with E-state index in [2.05, 4.69) is 13.8 Å². The molecule has 0 aliphatic heterocycles. The lowest BCUT2D eigenvalue weighted by molar-refractivity contribution is -0.173. The molecule has 2 unspecified atom stereocenters. The van der Waals surface area contributed by atoms with Crippen LogP contribution in [-0.4, -0.2) is 67.1 Å². The normalized spacial score (nSPS) is 15.3. The van der Waals surface area contributed by atoms with Crippen molar-refractivity contribution in [1.82, 2.24) is 0 Å². The number of aliphatic hydroxyl groups is 1. The molecule has 0 fully saturated rings. The van der Waals surface area contributed by atoms with Crippen molar-refractivity contribution in [2.75, 3.05) is 13.2 Å². The van der Waals surface area contributed by atoms with Gasteiger partial charge in [-0.2, -0.15) is 0 Å². The molecule has 0 aliphatic carbocycles. The van der Waals surface area contributed by atoms with Crippen LogP contribution in [0.15, 0.2) is 0 Å². The lowest BCUT2D eigenvalue weighted by atomic mass is 10.3. The monoisotopic (exact) mass is 354 g/mol. The first-order chi connectivity index (χ1) is 9.35. The van der Waals surface area contributed by atoms with Gasteiger partial charge in [0.1, 0.15) is 6.61 Å². The van der Waals surface area contributed by atoms with Crippen LogP contribution in [0.4, 0.5) is 0 Å². The van der Waals surface area contributed by atoms with Gasteiger partial charge in [0.2, 0.25) is 6.10 Å². The predicted octanol–water partition coefficient (Wildman–Crippen LogP) is -2.44. The number of esters is 1. The van der Waals surface area contributed by atoms with E-state index in [4.69, 9.17) is 29.8 Å². The molecule has 0 aromatic heterocycles. The van der Waals surface area contributed by atoms with Gasteiger partial charge < -0.3 is 34.5 Å². The smallest absolute Gasteiger partial charge is 0.470 e. The number of phosphoric acid groups is 2. The summed E-state index contributed by atoms with van der Waals surface area (Å²) >= 11 is 0. The molecule has 13 nitrogen and oxygen atoms in total. The molecule has 0 amide bonds. The molecule has 0 aliphatic rings. The van der Waals surface area contributed by atoms with Crippen molar-refractivity contribution in [2.45, 2.75) is 12.2 Å². The summed E-state index contributed by atoms with van der Waals surface area (Å²) in [4.78, 5) is 55.7. The van der Waals surface area contributed by atoms with Crippen molar-refractivity contribution >= 4 is 27.6 Å². The van der Waals surface area contributed by atoms with E-state index in [1.807, 2.05) is 0 Å². The second-order valence-corrected chi connectivity index (χ2v) is 5.75. The lowest BCUT2D eigenvalue weighted by Crippen LogP contribution is -2.37. The van der Waals surface area contributed by atoms with E-state index in [0.29, 0.717) is 0 Å². The van der Waals surface area contributed by atoms with Crippen LogP contribution in [0.5, 0.6) is 0 Å². The highest BCUT2D eigenvalue weighted by Gasteiger charge is 2.33. The van der Waals surface area contributed by atoms with Gasteiger partial charge in [0.15, 0.2) is 6.10 Å². The van der Waals surface area contributed by atoms with E-state index in [1.165, 1.54) is 0 Å². The Bertz CT molecular complexity index is 461. The van der Waals surface area contributed by atoms with Crippen molar-refractivity contribution in [3.05, 3.63) is 0 Å². The van der Waals surface area contributed by atoms with Crippen LogP contribution in [0.1, 0.15) is 0 Å². The zero-order valence-electron chi connectivity index (χ0n) is 10.0. The molecule has 6 N–H and O–H groups in total. The van der Waals surface area contributed by atoms with Gasteiger partial charge in [-0.25, -0.2) is 18.7 Å². The van der Waals surface area contributed by atoms with Gasteiger partial charge in [0.25, 0.3) is 0 Å². The molecular weight excluding hydrogens is 342 g/mol. The molecule has 0 aromatic carbocycles. The number of carboxylic acid groups (broad SMARTS) is 1. The van der Waals surface area contributed by atoms with Crippen LogP contribution in [0.2, 0.25) is 0 Å². The standard InChI is InChI=1S/C6H12O13P2/c7-1-3(19-21(14,15)16)6(10)18-4(5(8)9)2-17-20(11,12)13/h3-4,7H,1-2H2,(H,8,9)(H2,11,12,13)(H2,14,15,16). The average Bonchev–Trinajstić information content (AvgIpc) is 2.28. The first-order valence-corrected chi connectivity index (χ1v) is 7.90. The van der Waals surface area contributed by atoms with Crippen molar-refractivity contribution in [3.63, 3.8) is 0 Å². The van der Waals surface area contributed by atoms with Crippen LogP contribution < -0.4 is 0 Å². The Morgan fingerprint density at radius 3 is 1.86 bits per heavy atom. The van der Waals surface area contributed by atoms with Gasteiger partial charge in [0.05, 0.1) is 6.61 Å². The maximum atomic E-state index is 11.3. The van der Waals surface area contributed by atoms with Gasteiger partial charge in [-0.1, -0.05) is 0 Å². The molecule has 0 saturated heterocycles. The maximum Gasteiger partial charge on any atom is 0.470 e. The molecular formula is C6H12O13P2. The van der Waals surface area contributed by atoms with Crippen molar-refractivity contribution < 1.29 is 62.3 Å². The van der Waals surface area contributed by atoms with Crippen molar-refractivity contribution in [1.29, 1.82) is 0 Å². The molecule has 21 heavy (non-hydrogen) atoms. The number of rotatable bonds is 9. The van der Waals surface area contributed by atoms with Crippen LogP contribution in [0.3, 0.4) is 0 Å². The summed E-state index contributed by atoms with van der Waals surface area (Å²) in [5.41, 5.74) is 0. The minimum atomic E-state index is -5.17. The Hall–Kier alpha value is -0.880. The van der Waals surface area contributed by atoms with Gasteiger partial charge >= 0.3 is 27.6 Å². The van der Waals surface area contributed by atoms with E-state index in [0.717, 1.165) is 0 Å². The first kappa shape index (κ1) is 20.1. The largest absolute Gasteiger partial charge is 0.478 e. The molecule has 0 rings (SSSR count). The highest BCUT2D eigenvalue weighted by molar-refractivity contribution is 7.46.